The molecular weight excluding hydrogens is 265 g/mol. The van der Waals surface area contributed by atoms with E-state index in [0.717, 1.165) is 5.56 Å². The molecule has 0 saturated carbocycles. The first-order valence-corrected chi connectivity index (χ1v) is 6.31. The highest BCUT2D eigenvalue weighted by molar-refractivity contribution is 6.30. The number of nitrogens with zero attached hydrogens (tertiary/aromatic N) is 1. The molecule has 2 rings (SSSR count). The monoisotopic (exact) mass is 279 g/mol. The maximum atomic E-state index is 13.9. The molecule has 0 spiro atoms. The minimum absolute atomic E-state index is 0.177. The van der Waals surface area contributed by atoms with Gasteiger partial charge in [-0.2, -0.15) is 0 Å². The molecule has 2 aromatic rings. The van der Waals surface area contributed by atoms with Gasteiger partial charge in [-0.15, -0.1) is 0 Å². The van der Waals surface area contributed by atoms with Gasteiger partial charge in [-0.3, -0.25) is 0 Å². The van der Waals surface area contributed by atoms with Crippen molar-refractivity contribution in [1.29, 1.82) is 0 Å². The van der Waals surface area contributed by atoms with Crippen LogP contribution in [0.3, 0.4) is 0 Å². The summed E-state index contributed by atoms with van der Waals surface area (Å²) in [4.78, 5) is 4.03. The first kappa shape index (κ1) is 13.8. The second-order valence-corrected chi connectivity index (χ2v) is 4.70. The van der Waals surface area contributed by atoms with Crippen LogP contribution < -0.4 is 11.1 Å². The smallest absolute Gasteiger partial charge is 0.129 e. The molecule has 3 nitrogen and oxygen atoms in total. The first-order valence-electron chi connectivity index (χ1n) is 5.93. The van der Waals surface area contributed by atoms with Gasteiger partial charge < -0.3 is 11.1 Å². The third-order valence-corrected chi connectivity index (χ3v) is 3.27. The van der Waals surface area contributed by atoms with E-state index in [1.54, 1.807) is 25.4 Å². The topological polar surface area (TPSA) is 50.9 Å². The lowest BCUT2D eigenvalue weighted by atomic mass is 9.99. The molecular formula is C14H15ClFN3. The summed E-state index contributed by atoms with van der Waals surface area (Å²) in [6.07, 6.45) is 2.20. The highest BCUT2D eigenvalue weighted by Gasteiger charge is 2.16. The number of aromatic nitrogens is 1. The lowest BCUT2D eigenvalue weighted by Gasteiger charge is -2.18. The molecule has 0 aliphatic carbocycles. The van der Waals surface area contributed by atoms with E-state index in [4.69, 9.17) is 17.3 Å². The summed E-state index contributed by atoms with van der Waals surface area (Å²) in [6, 6.07) is 8.21. The molecule has 0 aliphatic rings. The van der Waals surface area contributed by atoms with Gasteiger partial charge in [0, 0.05) is 22.8 Å². The zero-order chi connectivity index (χ0) is 13.8. The summed E-state index contributed by atoms with van der Waals surface area (Å²) in [7, 11) is 1.78. The predicted octanol–water partition coefficient (Wildman–Crippen LogP) is 2.96. The molecule has 5 heteroatoms. The van der Waals surface area contributed by atoms with E-state index in [9.17, 15) is 4.39 Å². The van der Waals surface area contributed by atoms with Gasteiger partial charge in [0.15, 0.2) is 0 Å². The number of hydrogen-bond donors (Lipinski definition) is 2. The third-order valence-electron chi connectivity index (χ3n) is 3.04. The van der Waals surface area contributed by atoms with Crippen molar-refractivity contribution in [1.82, 2.24) is 10.3 Å². The number of pyridine rings is 1. The Labute approximate surface area is 116 Å². The van der Waals surface area contributed by atoms with Gasteiger partial charge in [0.25, 0.3) is 0 Å². The van der Waals surface area contributed by atoms with Gasteiger partial charge in [-0.25, -0.2) is 9.37 Å². The summed E-state index contributed by atoms with van der Waals surface area (Å²) in [5.74, 6) is 0.145. The van der Waals surface area contributed by atoms with Gasteiger partial charge in [0.1, 0.15) is 11.6 Å². The standard InChI is InChI=1S/C14H15ClFN3/c1-18-13(7-9-3-2-6-19-14(9)17)11-5-4-10(15)8-12(11)16/h2-6,8,13,18H,7H2,1H3,(H2,17,19). The normalized spacial score (nSPS) is 12.4. The number of nitrogens with two attached hydrogens (primary N) is 1. The average Bonchev–Trinajstić information content (AvgIpc) is 2.39. The van der Waals surface area contributed by atoms with Crippen molar-refractivity contribution >= 4 is 17.4 Å². The van der Waals surface area contributed by atoms with E-state index in [1.807, 2.05) is 12.1 Å². The molecule has 0 saturated heterocycles. The van der Waals surface area contributed by atoms with Gasteiger partial charge in [-0.05, 0) is 37.2 Å². The van der Waals surface area contributed by atoms with Crippen molar-refractivity contribution in [3.05, 3.63) is 58.5 Å². The van der Waals surface area contributed by atoms with E-state index in [2.05, 4.69) is 10.3 Å². The van der Waals surface area contributed by atoms with Crippen LogP contribution in [-0.2, 0) is 6.42 Å². The Balaban J connectivity index is 2.28. The van der Waals surface area contributed by atoms with Gasteiger partial charge in [-0.1, -0.05) is 23.7 Å². The van der Waals surface area contributed by atoms with Crippen LogP contribution in [0.15, 0.2) is 36.5 Å². The van der Waals surface area contributed by atoms with Crippen molar-refractivity contribution in [3.8, 4) is 0 Å². The van der Waals surface area contributed by atoms with Crippen LogP contribution in [0, 0.1) is 5.82 Å². The Bertz CT molecular complexity index is 574. The van der Waals surface area contributed by atoms with Crippen molar-refractivity contribution < 1.29 is 4.39 Å². The molecule has 0 amide bonds. The number of likely N-dealkylation sites (N-methyl/N-ethyl adjacent to an activating group) is 1. The van der Waals surface area contributed by atoms with Gasteiger partial charge in [0.05, 0.1) is 0 Å². The molecule has 1 unspecified atom stereocenters. The number of halogens is 2. The fraction of sp³-hybridized carbons (Fsp3) is 0.214. The summed E-state index contributed by atoms with van der Waals surface area (Å²) >= 11 is 5.76. The van der Waals surface area contributed by atoms with E-state index < -0.39 is 0 Å². The first-order chi connectivity index (χ1) is 9.11. The van der Waals surface area contributed by atoms with Crippen molar-refractivity contribution in [2.75, 3.05) is 12.8 Å². The van der Waals surface area contributed by atoms with Crippen molar-refractivity contribution in [2.45, 2.75) is 12.5 Å². The Morgan fingerprint density at radius 1 is 1.42 bits per heavy atom. The lowest BCUT2D eigenvalue weighted by Crippen LogP contribution is -2.20. The molecule has 19 heavy (non-hydrogen) atoms. The van der Waals surface area contributed by atoms with E-state index >= 15 is 0 Å². The predicted molar refractivity (Wildman–Crippen MR) is 75.6 cm³/mol. The molecule has 0 aliphatic heterocycles. The highest BCUT2D eigenvalue weighted by atomic mass is 35.5. The molecule has 0 bridgehead atoms. The molecule has 3 N–H and O–H groups in total. The Morgan fingerprint density at radius 2 is 2.21 bits per heavy atom. The number of anilines is 1. The van der Waals surface area contributed by atoms with Gasteiger partial charge in [0.2, 0.25) is 0 Å². The van der Waals surface area contributed by atoms with E-state index in [-0.39, 0.29) is 11.9 Å². The van der Waals surface area contributed by atoms with Crippen LogP contribution >= 0.6 is 11.6 Å². The van der Waals surface area contributed by atoms with Gasteiger partial charge >= 0.3 is 0 Å². The maximum Gasteiger partial charge on any atom is 0.129 e. The van der Waals surface area contributed by atoms with E-state index in [1.165, 1.54) is 6.07 Å². The second-order valence-electron chi connectivity index (χ2n) is 4.26. The molecule has 1 heterocycles. The molecule has 100 valence electrons. The minimum atomic E-state index is -0.325. The Morgan fingerprint density at radius 3 is 2.84 bits per heavy atom. The Kier molecular flexibility index (Phi) is 4.35. The number of rotatable bonds is 4. The summed E-state index contributed by atoms with van der Waals surface area (Å²) in [5.41, 5.74) is 7.26. The number of nitrogens with one attached hydrogen (secondary N) is 1. The molecule has 1 aromatic heterocycles. The summed E-state index contributed by atoms with van der Waals surface area (Å²) in [6.45, 7) is 0. The van der Waals surface area contributed by atoms with Crippen molar-refractivity contribution in [2.24, 2.45) is 0 Å². The van der Waals surface area contributed by atoms with Crippen LogP contribution in [-0.4, -0.2) is 12.0 Å². The second kappa shape index (κ2) is 5.99. The highest BCUT2D eigenvalue weighted by Crippen LogP contribution is 2.24. The molecule has 1 atom stereocenters. The summed E-state index contributed by atoms with van der Waals surface area (Å²) < 4.78 is 13.9. The largest absolute Gasteiger partial charge is 0.383 e. The Hall–Kier alpha value is -1.65. The fourth-order valence-electron chi connectivity index (χ4n) is 1.99. The number of nitrogen functional groups attached to an aromatic ring is 1. The number of hydrogen-bond acceptors (Lipinski definition) is 3. The van der Waals surface area contributed by atoms with Crippen LogP contribution in [0.1, 0.15) is 17.2 Å². The number of benzene rings is 1. The third kappa shape index (κ3) is 3.22. The van der Waals surface area contributed by atoms with Crippen LogP contribution in [0.2, 0.25) is 5.02 Å². The quantitative estimate of drug-likeness (QED) is 0.905. The average molecular weight is 280 g/mol. The molecule has 0 radical (unpaired) electrons. The van der Waals surface area contributed by atoms with Crippen LogP contribution in [0.5, 0.6) is 0 Å². The molecule has 0 fully saturated rings. The summed E-state index contributed by atoms with van der Waals surface area (Å²) in [5, 5.41) is 3.47. The fourth-order valence-corrected chi connectivity index (χ4v) is 2.15. The maximum absolute atomic E-state index is 13.9. The minimum Gasteiger partial charge on any atom is -0.383 e. The lowest BCUT2D eigenvalue weighted by molar-refractivity contribution is 0.534. The van der Waals surface area contributed by atoms with E-state index in [0.29, 0.717) is 22.8 Å². The molecule has 1 aromatic carbocycles. The van der Waals surface area contributed by atoms with Crippen molar-refractivity contribution in [3.63, 3.8) is 0 Å². The zero-order valence-corrected chi connectivity index (χ0v) is 11.3. The van der Waals surface area contributed by atoms with Crippen LogP contribution in [0.25, 0.3) is 0 Å². The van der Waals surface area contributed by atoms with Crippen LogP contribution in [0.4, 0.5) is 10.2 Å². The zero-order valence-electron chi connectivity index (χ0n) is 10.5. The SMILES string of the molecule is CNC(Cc1cccnc1N)c1ccc(Cl)cc1F.